The summed E-state index contributed by atoms with van der Waals surface area (Å²) in [6, 6.07) is 4.94. The second-order valence-corrected chi connectivity index (χ2v) is 4.03. The molecule has 17 heavy (non-hydrogen) atoms. The summed E-state index contributed by atoms with van der Waals surface area (Å²) in [6.45, 7) is 5.51. The minimum absolute atomic E-state index is 0.242. The Labute approximate surface area is 102 Å². The summed E-state index contributed by atoms with van der Waals surface area (Å²) in [6.07, 6.45) is 0.0737. The lowest BCUT2D eigenvalue weighted by atomic mass is 10.2. The van der Waals surface area contributed by atoms with E-state index in [0.29, 0.717) is 19.6 Å². The third-order valence-electron chi connectivity index (χ3n) is 2.37. The molecule has 0 bridgehead atoms. The first-order valence-corrected chi connectivity index (χ1v) is 5.93. The van der Waals surface area contributed by atoms with Gasteiger partial charge in [-0.25, -0.2) is 4.39 Å². The van der Waals surface area contributed by atoms with Crippen molar-refractivity contribution in [2.45, 2.75) is 32.9 Å². The maximum Gasteiger partial charge on any atom is 0.165 e. The fourth-order valence-corrected chi connectivity index (χ4v) is 1.38. The van der Waals surface area contributed by atoms with Crippen molar-refractivity contribution < 1.29 is 14.2 Å². The third kappa shape index (κ3) is 5.15. The number of aliphatic hydroxyl groups is 1. The predicted octanol–water partition coefficient (Wildman–Crippen LogP) is 2.08. The first-order chi connectivity index (χ1) is 8.13. The monoisotopic (exact) mass is 241 g/mol. The van der Waals surface area contributed by atoms with Crippen LogP contribution in [-0.2, 0) is 6.54 Å². The molecular formula is C13H20FNO2. The van der Waals surface area contributed by atoms with Crippen LogP contribution >= 0.6 is 0 Å². The Morgan fingerprint density at radius 3 is 2.82 bits per heavy atom. The normalized spacial score (nSPS) is 12.5. The second kappa shape index (κ2) is 7.25. The Balaban J connectivity index is 2.50. The molecule has 0 aliphatic carbocycles. The molecule has 1 unspecified atom stereocenters. The molecule has 0 heterocycles. The first kappa shape index (κ1) is 13.9. The Morgan fingerprint density at radius 2 is 2.24 bits per heavy atom. The van der Waals surface area contributed by atoms with Crippen LogP contribution in [0.3, 0.4) is 0 Å². The summed E-state index contributed by atoms with van der Waals surface area (Å²) >= 11 is 0. The number of hydrogen-bond acceptors (Lipinski definition) is 3. The van der Waals surface area contributed by atoms with E-state index in [0.717, 1.165) is 12.1 Å². The molecule has 0 aromatic heterocycles. The predicted molar refractivity (Wildman–Crippen MR) is 65.6 cm³/mol. The van der Waals surface area contributed by atoms with Crippen LogP contribution in [0.15, 0.2) is 18.2 Å². The topological polar surface area (TPSA) is 41.5 Å². The van der Waals surface area contributed by atoms with Crippen molar-refractivity contribution in [2.24, 2.45) is 0 Å². The fraction of sp³-hybridized carbons (Fsp3) is 0.538. The molecule has 3 nitrogen and oxygen atoms in total. The zero-order valence-electron chi connectivity index (χ0n) is 10.4. The summed E-state index contributed by atoms with van der Waals surface area (Å²) < 4.78 is 18.8. The Kier molecular flexibility index (Phi) is 5.94. The smallest absolute Gasteiger partial charge is 0.165 e. The van der Waals surface area contributed by atoms with Crippen LogP contribution in [0.2, 0.25) is 0 Å². The molecule has 0 radical (unpaired) electrons. The van der Waals surface area contributed by atoms with Gasteiger partial charge in [0.25, 0.3) is 0 Å². The van der Waals surface area contributed by atoms with Crippen LogP contribution in [0.5, 0.6) is 5.75 Å². The van der Waals surface area contributed by atoms with E-state index in [1.54, 1.807) is 13.0 Å². The molecule has 0 saturated heterocycles. The minimum atomic E-state index is -0.425. The molecule has 96 valence electrons. The second-order valence-electron chi connectivity index (χ2n) is 4.03. The Morgan fingerprint density at radius 1 is 1.47 bits per heavy atom. The number of ether oxygens (including phenoxy) is 1. The summed E-state index contributed by atoms with van der Waals surface area (Å²) in [4.78, 5) is 0. The van der Waals surface area contributed by atoms with Crippen molar-refractivity contribution >= 4 is 0 Å². The van der Waals surface area contributed by atoms with Crippen LogP contribution in [0.4, 0.5) is 4.39 Å². The van der Waals surface area contributed by atoms with E-state index in [4.69, 9.17) is 9.84 Å². The Bertz CT molecular complexity index is 342. The van der Waals surface area contributed by atoms with Gasteiger partial charge >= 0.3 is 0 Å². The number of halogens is 1. The van der Waals surface area contributed by atoms with Crippen molar-refractivity contribution in [3.8, 4) is 5.75 Å². The van der Waals surface area contributed by atoms with Crippen LogP contribution in [0.25, 0.3) is 0 Å². The van der Waals surface area contributed by atoms with E-state index in [1.807, 2.05) is 13.0 Å². The molecule has 2 N–H and O–H groups in total. The van der Waals surface area contributed by atoms with Gasteiger partial charge in [0.15, 0.2) is 11.6 Å². The highest BCUT2D eigenvalue weighted by Gasteiger charge is 2.05. The minimum Gasteiger partial charge on any atom is -0.490 e. The van der Waals surface area contributed by atoms with Crippen molar-refractivity contribution in [2.75, 3.05) is 13.2 Å². The van der Waals surface area contributed by atoms with Gasteiger partial charge < -0.3 is 15.2 Å². The lowest BCUT2D eigenvalue weighted by Gasteiger charge is -2.10. The number of hydrogen-bond donors (Lipinski definition) is 2. The highest BCUT2D eigenvalue weighted by atomic mass is 19.1. The highest BCUT2D eigenvalue weighted by Crippen LogP contribution is 2.18. The molecule has 0 fully saturated rings. The van der Waals surface area contributed by atoms with E-state index in [1.165, 1.54) is 6.07 Å². The van der Waals surface area contributed by atoms with Crippen LogP contribution in [-0.4, -0.2) is 24.4 Å². The molecular weight excluding hydrogens is 221 g/mol. The van der Waals surface area contributed by atoms with Gasteiger partial charge in [-0.2, -0.15) is 0 Å². The zero-order chi connectivity index (χ0) is 12.7. The maximum absolute atomic E-state index is 13.6. The SMILES string of the molecule is CCNCc1ccc(OCCC(C)O)c(F)c1. The van der Waals surface area contributed by atoms with Gasteiger partial charge in [0.05, 0.1) is 12.7 Å². The van der Waals surface area contributed by atoms with Gasteiger partial charge in [-0.05, 0) is 31.2 Å². The largest absolute Gasteiger partial charge is 0.490 e. The molecule has 1 aromatic carbocycles. The average molecular weight is 241 g/mol. The van der Waals surface area contributed by atoms with Crippen molar-refractivity contribution in [3.05, 3.63) is 29.6 Å². The Hall–Kier alpha value is -1.13. The van der Waals surface area contributed by atoms with Crippen molar-refractivity contribution in [1.29, 1.82) is 0 Å². The molecule has 0 spiro atoms. The lowest BCUT2D eigenvalue weighted by Crippen LogP contribution is -2.12. The highest BCUT2D eigenvalue weighted by molar-refractivity contribution is 5.29. The number of nitrogens with one attached hydrogen (secondary N) is 1. The third-order valence-corrected chi connectivity index (χ3v) is 2.37. The number of benzene rings is 1. The summed E-state index contributed by atoms with van der Waals surface area (Å²) in [7, 11) is 0. The maximum atomic E-state index is 13.6. The molecule has 0 saturated carbocycles. The lowest BCUT2D eigenvalue weighted by molar-refractivity contribution is 0.154. The molecule has 1 aromatic rings. The van der Waals surface area contributed by atoms with Crippen molar-refractivity contribution in [1.82, 2.24) is 5.32 Å². The first-order valence-electron chi connectivity index (χ1n) is 5.93. The molecule has 1 atom stereocenters. The molecule has 0 aliphatic heterocycles. The van der Waals surface area contributed by atoms with E-state index in [-0.39, 0.29) is 11.6 Å². The van der Waals surface area contributed by atoms with E-state index in [9.17, 15) is 4.39 Å². The van der Waals surface area contributed by atoms with E-state index in [2.05, 4.69) is 5.32 Å². The van der Waals surface area contributed by atoms with Crippen LogP contribution < -0.4 is 10.1 Å². The fourth-order valence-electron chi connectivity index (χ4n) is 1.38. The zero-order valence-corrected chi connectivity index (χ0v) is 10.4. The van der Waals surface area contributed by atoms with Gasteiger partial charge in [0, 0.05) is 13.0 Å². The van der Waals surface area contributed by atoms with E-state index < -0.39 is 6.10 Å². The molecule has 0 amide bonds. The summed E-state index contributed by atoms with van der Waals surface area (Å²) in [5, 5.41) is 12.2. The van der Waals surface area contributed by atoms with Gasteiger partial charge in [-0.1, -0.05) is 13.0 Å². The van der Waals surface area contributed by atoms with E-state index >= 15 is 0 Å². The van der Waals surface area contributed by atoms with Gasteiger partial charge in [-0.15, -0.1) is 0 Å². The van der Waals surface area contributed by atoms with Crippen LogP contribution in [0.1, 0.15) is 25.8 Å². The molecule has 1 rings (SSSR count). The number of aliphatic hydroxyl groups excluding tert-OH is 1. The van der Waals surface area contributed by atoms with Gasteiger partial charge in [0.2, 0.25) is 0 Å². The van der Waals surface area contributed by atoms with Crippen molar-refractivity contribution in [3.63, 3.8) is 0 Å². The van der Waals surface area contributed by atoms with Crippen LogP contribution in [0, 0.1) is 5.82 Å². The molecule has 0 aliphatic rings. The summed E-state index contributed by atoms with van der Waals surface area (Å²) in [5.74, 6) is -0.114. The summed E-state index contributed by atoms with van der Waals surface area (Å²) in [5.41, 5.74) is 0.896. The quantitative estimate of drug-likeness (QED) is 0.768. The van der Waals surface area contributed by atoms with Gasteiger partial charge in [-0.3, -0.25) is 0 Å². The average Bonchev–Trinajstić information content (AvgIpc) is 2.28. The number of rotatable bonds is 7. The van der Waals surface area contributed by atoms with Gasteiger partial charge in [0.1, 0.15) is 0 Å². The molecule has 4 heteroatoms. The standard InChI is InChI=1S/C13H20FNO2/c1-3-15-9-11-4-5-13(12(14)8-11)17-7-6-10(2)16/h4-5,8,10,15-16H,3,6-7,9H2,1-2H3.